The number of aryl methyl sites for hydroxylation is 1. The van der Waals surface area contributed by atoms with Gasteiger partial charge in [0, 0.05) is 30.6 Å². The zero-order valence-corrected chi connectivity index (χ0v) is 21.6. The van der Waals surface area contributed by atoms with Crippen molar-refractivity contribution in [1.82, 2.24) is 9.55 Å². The summed E-state index contributed by atoms with van der Waals surface area (Å²) in [6.45, 7) is 9.47. The molecule has 36 heavy (non-hydrogen) atoms. The van der Waals surface area contributed by atoms with Crippen molar-refractivity contribution >= 4 is 28.8 Å². The molecular weight excluding hydrogens is 462 g/mol. The second-order valence-electron chi connectivity index (χ2n) is 9.68. The molecule has 0 atom stereocenters. The Bertz CT molecular complexity index is 1310. The van der Waals surface area contributed by atoms with Crippen LogP contribution in [0.25, 0.3) is 22.2 Å². The van der Waals surface area contributed by atoms with Crippen molar-refractivity contribution in [2.45, 2.75) is 47.1 Å². The lowest BCUT2D eigenvalue weighted by Gasteiger charge is -2.17. The van der Waals surface area contributed by atoms with Crippen LogP contribution in [0.3, 0.4) is 0 Å². The first-order valence-corrected chi connectivity index (χ1v) is 11.8. The van der Waals surface area contributed by atoms with Gasteiger partial charge in [-0.3, -0.25) is 19.5 Å². The molecule has 9 nitrogen and oxygen atoms in total. The van der Waals surface area contributed by atoms with E-state index in [-0.39, 0.29) is 24.4 Å². The van der Waals surface area contributed by atoms with Crippen LogP contribution in [0.15, 0.2) is 47.4 Å². The molecule has 1 N–H and O–H groups in total. The number of aromatic nitrogens is 2. The Labute approximate surface area is 210 Å². The third-order valence-electron chi connectivity index (χ3n) is 5.24. The fourth-order valence-electron chi connectivity index (χ4n) is 3.50. The maximum Gasteiger partial charge on any atom is 0.412 e. The average Bonchev–Trinajstić information content (AvgIpc) is 2.81. The highest BCUT2D eigenvalue weighted by atomic mass is 16.6. The number of esters is 1. The van der Waals surface area contributed by atoms with Gasteiger partial charge in [-0.2, -0.15) is 0 Å². The molecule has 0 aliphatic carbocycles. The first-order chi connectivity index (χ1) is 17.0. The summed E-state index contributed by atoms with van der Waals surface area (Å²) in [4.78, 5) is 41.9. The summed E-state index contributed by atoms with van der Waals surface area (Å²) in [6, 6.07) is 10.8. The number of rotatable bonds is 8. The third kappa shape index (κ3) is 6.41. The quantitative estimate of drug-likeness (QED) is 0.349. The number of carbonyl (C=O) groups excluding carboxylic acids is 2. The highest BCUT2D eigenvalue weighted by Gasteiger charge is 2.23. The van der Waals surface area contributed by atoms with Crippen LogP contribution in [0.5, 0.6) is 5.75 Å². The summed E-state index contributed by atoms with van der Waals surface area (Å²) >= 11 is 0. The van der Waals surface area contributed by atoms with E-state index in [0.29, 0.717) is 40.9 Å². The lowest BCUT2D eigenvalue weighted by atomic mass is 9.97. The van der Waals surface area contributed by atoms with E-state index in [1.54, 1.807) is 72.1 Å². The lowest BCUT2D eigenvalue weighted by molar-refractivity contribution is -0.153. The van der Waals surface area contributed by atoms with Gasteiger partial charge in [-0.05, 0) is 64.4 Å². The minimum absolute atomic E-state index is 0.0925. The summed E-state index contributed by atoms with van der Waals surface area (Å²) in [5, 5.41) is 3.32. The van der Waals surface area contributed by atoms with E-state index in [2.05, 4.69) is 10.3 Å². The monoisotopic (exact) mass is 495 g/mol. The molecular formula is C27H33N3O6. The van der Waals surface area contributed by atoms with Crippen LogP contribution < -0.4 is 15.6 Å². The number of nitrogens with one attached hydrogen (secondary N) is 1. The summed E-state index contributed by atoms with van der Waals surface area (Å²) in [7, 11) is 1.60. The van der Waals surface area contributed by atoms with Crippen molar-refractivity contribution in [3.8, 4) is 16.9 Å². The number of fused-ring (bicyclic) bond motifs is 1. The Kier molecular flexibility index (Phi) is 8.34. The second-order valence-corrected chi connectivity index (χ2v) is 9.68. The van der Waals surface area contributed by atoms with Crippen LogP contribution in [0, 0.1) is 5.41 Å². The topological polar surface area (TPSA) is 109 Å². The largest absolute Gasteiger partial charge is 0.493 e. The Morgan fingerprint density at radius 2 is 1.86 bits per heavy atom. The molecule has 0 saturated carbocycles. The molecule has 0 aliphatic rings. The molecule has 0 radical (unpaired) electrons. The van der Waals surface area contributed by atoms with Crippen molar-refractivity contribution in [3.63, 3.8) is 0 Å². The van der Waals surface area contributed by atoms with Crippen LogP contribution in [-0.2, 0) is 21.3 Å². The molecule has 0 aliphatic heterocycles. The van der Waals surface area contributed by atoms with Gasteiger partial charge in [0.05, 0.1) is 24.7 Å². The van der Waals surface area contributed by atoms with Crippen molar-refractivity contribution < 1.29 is 23.8 Å². The van der Waals surface area contributed by atoms with Gasteiger partial charge in [-0.15, -0.1) is 0 Å². The third-order valence-corrected chi connectivity index (χ3v) is 5.24. The molecule has 0 unspecified atom stereocenters. The minimum atomic E-state index is -0.719. The van der Waals surface area contributed by atoms with E-state index >= 15 is 0 Å². The number of carbonyl (C=O) groups is 2. The minimum Gasteiger partial charge on any atom is -0.493 e. The van der Waals surface area contributed by atoms with Gasteiger partial charge < -0.3 is 14.2 Å². The Morgan fingerprint density at radius 3 is 2.56 bits per heavy atom. The number of hydrogen-bond donors (Lipinski definition) is 1. The first-order valence-electron chi connectivity index (χ1n) is 11.8. The van der Waals surface area contributed by atoms with E-state index in [1.165, 1.54) is 4.57 Å². The SMILES string of the molecule is CC(C)OC(=O)Nc1c(-c2cccc(OCCCOC(=O)C(C)(C)C)c2)c2cccnc2n(C)c1=O. The van der Waals surface area contributed by atoms with Gasteiger partial charge in [0.15, 0.2) is 0 Å². The number of hydrogen-bond acceptors (Lipinski definition) is 7. The smallest absolute Gasteiger partial charge is 0.412 e. The van der Waals surface area contributed by atoms with Crippen molar-refractivity contribution in [2.24, 2.45) is 12.5 Å². The standard InChI is InChI=1S/C27H33N3O6/c1-17(2)36-26(33)29-22-21(20-12-8-13-28-23(20)30(6)24(22)31)18-10-7-11-19(16-18)34-14-9-15-35-25(32)27(3,4)5/h7-8,10-13,16-17H,9,14-15H2,1-6H3,(H,29,33). The Hall–Kier alpha value is -3.88. The molecule has 2 aromatic heterocycles. The highest BCUT2D eigenvalue weighted by molar-refractivity contribution is 6.03. The average molecular weight is 496 g/mol. The Balaban J connectivity index is 1.90. The van der Waals surface area contributed by atoms with Crippen molar-refractivity contribution in [1.29, 1.82) is 0 Å². The van der Waals surface area contributed by atoms with Gasteiger partial charge in [-0.25, -0.2) is 9.78 Å². The molecule has 0 fully saturated rings. The van der Waals surface area contributed by atoms with E-state index < -0.39 is 17.1 Å². The van der Waals surface area contributed by atoms with Crippen LogP contribution in [0.4, 0.5) is 10.5 Å². The second kappa shape index (κ2) is 11.2. The zero-order valence-electron chi connectivity index (χ0n) is 21.6. The van der Waals surface area contributed by atoms with Crippen LogP contribution in [0.1, 0.15) is 41.0 Å². The van der Waals surface area contributed by atoms with E-state index in [0.717, 1.165) is 0 Å². The predicted octanol–water partition coefficient (Wildman–Crippen LogP) is 4.92. The van der Waals surface area contributed by atoms with Gasteiger partial charge in [0.25, 0.3) is 5.56 Å². The van der Waals surface area contributed by atoms with Crippen molar-refractivity contribution in [2.75, 3.05) is 18.5 Å². The number of nitrogens with zero attached hydrogens (tertiary/aromatic N) is 2. The predicted molar refractivity (Wildman–Crippen MR) is 138 cm³/mol. The highest BCUT2D eigenvalue weighted by Crippen LogP contribution is 2.34. The van der Waals surface area contributed by atoms with Crippen LogP contribution in [0.2, 0.25) is 0 Å². The fraction of sp³-hybridized carbons (Fsp3) is 0.407. The lowest BCUT2D eigenvalue weighted by Crippen LogP contribution is -2.27. The number of anilines is 1. The molecule has 0 bridgehead atoms. The molecule has 0 spiro atoms. The molecule has 1 amide bonds. The zero-order chi connectivity index (χ0) is 26.5. The van der Waals surface area contributed by atoms with Gasteiger partial charge in [-0.1, -0.05) is 12.1 Å². The number of pyridine rings is 2. The van der Waals surface area contributed by atoms with Crippen LogP contribution >= 0.6 is 0 Å². The molecule has 2 heterocycles. The molecule has 9 heteroatoms. The number of amides is 1. The summed E-state index contributed by atoms with van der Waals surface area (Å²) in [5.41, 5.74) is 0.798. The summed E-state index contributed by atoms with van der Waals surface area (Å²) < 4.78 is 17.8. The van der Waals surface area contributed by atoms with Gasteiger partial charge in [0.2, 0.25) is 0 Å². The maximum atomic E-state index is 13.2. The normalized spacial score (nSPS) is 11.4. The van der Waals surface area contributed by atoms with Gasteiger partial charge in [0.1, 0.15) is 17.1 Å². The first kappa shape index (κ1) is 26.7. The Morgan fingerprint density at radius 1 is 1.11 bits per heavy atom. The molecule has 3 rings (SSSR count). The van der Waals surface area contributed by atoms with Gasteiger partial charge >= 0.3 is 12.1 Å². The number of ether oxygens (including phenoxy) is 3. The van der Waals surface area contributed by atoms with Crippen molar-refractivity contribution in [3.05, 3.63) is 52.9 Å². The van der Waals surface area contributed by atoms with E-state index in [9.17, 15) is 14.4 Å². The van der Waals surface area contributed by atoms with E-state index in [4.69, 9.17) is 14.2 Å². The molecule has 0 saturated heterocycles. The summed E-state index contributed by atoms with van der Waals surface area (Å²) in [5.74, 6) is 0.315. The number of benzene rings is 1. The maximum absolute atomic E-state index is 13.2. The molecule has 1 aromatic carbocycles. The van der Waals surface area contributed by atoms with E-state index in [1.807, 2.05) is 12.1 Å². The van der Waals surface area contributed by atoms with Crippen LogP contribution in [-0.4, -0.2) is 40.9 Å². The summed E-state index contributed by atoms with van der Waals surface area (Å²) in [6.07, 6.45) is 1.07. The molecule has 192 valence electrons. The molecule has 3 aromatic rings. The fourth-order valence-corrected chi connectivity index (χ4v) is 3.50.